The highest BCUT2D eigenvalue weighted by Gasteiger charge is 2.18. The zero-order chi connectivity index (χ0) is 14.9. The molecule has 0 saturated carbocycles. The number of benzene rings is 1. The van der Waals surface area contributed by atoms with Crippen LogP contribution in [-0.4, -0.2) is 17.0 Å². The molecule has 104 valence electrons. The number of carboxylic acid groups (broad SMARTS) is 1. The monoisotopic (exact) mass is 437 g/mol. The van der Waals surface area contributed by atoms with Crippen LogP contribution in [0, 0.1) is 0 Å². The summed E-state index contributed by atoms with van der Waals surface area (Å²) in [6, 6.07) is 6.26. The highest BCUT2D eigenvalue weighted by Crippen LogP contribution is 2.32. The molecule has 0 atom stereocenters. The third kappa shape index (κ3) is 3.41. The summed E-state index contributed by atoms with van der Waals surface area (Å²) in [6.45, 7) is 0. The molecule has 0 fully saturated rings. The minimum absolute atomic E-state index is 0.0118. The van der Waals surface area contributed by atoms with Crippen LogP contribution in [0.15, 0.2) is 33.2 Å². The van der Waals surface area contributed by atoms with Gasteiger partial charge in [0.05, 0.1) is 20.5 Å². The van der Waals surface area contributed by atoms with Crippen molar-refractivity contribution in [3.05, 3.63) is 48.0 Å². The van der Waals surface area contributed by atoms with Gasteiger partial charge >= 0.3 is 5.97 Å². The fourth-order valence-corrected chi connectivity index (χ4v) is 3.74. The van der Waals surface area contributed by atoms with E-state index in [9.17, 15) is 14.7 Å². The van der Waals surface area contributed by atoms with Crippen LogP contribution >= 0.6 is 54.8 Å². The van der Waals surface area contributed by atoms with Gasteiger partial charge in [0, 0.05) is 8.95 Å². The number of rotatable bonds is 3. The van der Waals surface area contributed by atoms with Crippen molar-refractivity contribution < 1.29 is 14.7 Å². The standard InChI is InChI=1S/C12H6Br2ClNO3S/c13-5-3-6(12(18)19)10(7(14)4-5)16-11(17)8-1-2-9(15)20-8/h1-4H,(H,16,17)(H,18,19). The molecule has 2 N–H and O–H groups in total. The molecule has 8 heteroatoms. The number of hydrogen-bond donors (Lipinski definition) is 2. The Balaban J connectivity index is 2.38. The first-order valence-corrected chi connectivity index (χ1v) is 7.95. The number of thiophene rings is 1. The highest BCUT2D eigenvalue weighted by atomic mass is 79.9. The molecule has 0 aliphatic carbocycles. The van der Waals surface area contributed by atoms with E-state index in [1.54, 1.807) is 18.2 Å². The van der Waals surface area contributed by atoms with Crippen molar-refractivity contribution >= 4 is 72.4 Å². The van der Waals surface area contributed by atoms with Crippen molar-refractivity contribution in [3.8, 4) is 0 Å². The predicted molar refractivity (Wildman–Crippen MR) is 86.1 cm³/mol. The van der Waals surface area contributed by atoms with E-state index in [-0.39, 0.29) is 11.3 Å². The number of carbonyl (C=O) groups is 2. The van der Waals surface area contributed by atoms with E-state index in [0.29, 0.717) is 18.2 Å². The summed E-state index contributed by atoms with van der Waals surface area (Å²) < 4.78 is 1.56. The second-order valence-electron chi connectivity index (χ2n) is 3.67. The van der Waals surface area contributed by atoms with Crippen molar-refractivity contribution in [1.82, 2.24) is 0 Å². The molecule has 0 bridgehead atoms. The van der Waals surface area contributed by atoms with Crippen LogP contribution < -0.4 is 5.32 Å². The van der Waals surface area contributed by atoms with Crippen LogP contribution in [0.25, 0.3) is 0 Å². The molecule has 1 aromatic heterocycles. The van der Waals surface area contributed by atoms with E-state index in [1.165, 1.54) is 6.07 Å². The average molecular weight is 440 g/mol. The van der Waals surface area contributed by atoms with E-state index in [4.69, 9.17) is 11.6 Å². The molecule has 2 rings (SSSR count). The quantitative estimate of drug-likeness (QED) is 0.717. The molecule has 0 saturated heterocycles. The zero-order valence-corrected chi connectivity index (χ0v) is 14.4. The lowest BCUT2D eigenvalue weighted by atomic mass is 10.2. The molecule has 20 heavy (non-hydrogen) atoms. The topological polar surface area (TPSA) is 66.4 Å². The first-order valence-electron chi connectivity index (χ1n) is 5.17. The van der Waals surface area contributed by atoms with E-state index in [2.05, 4.69) is 37.2 Å². The van der Waals surface area contributed by atoms with Gasteiger partial charge in [-0.2, -0.15) is 0 Å². The maximum Gasteiger partial charge on any atom is 0.337 e. The molecule has 0 unspecified atom stereocenters. The number of anilines is 1. The van der Waals surface area contributed by atoms with Gasteiger partial charge < -0.3 is 10.4 Å². The lowest BCUT2D eigenvalue weighted by Gasteiger charge is -2.10. The minimum atomic E-state index is -1.13. The van der Waals surface area contributed by atoms with Gasteiger partial charge in [-0.3, -0.25) is 4.79 Å². The van der Waals surface area contributed by atoms with E-state index in [1.807, 2.05) is 0 Å². The maximum atomic E-state index is 12.1. The Kier molecular flexibility index (Phi) is 4.85. The van der Waals surface area contributed by atoms with Crippen LogP contribution in [0.1, 0.15) is 20.0 Å². The molecular weight excluding hydrogens is 433 g/mol. The highest BCUT2D eigenvalue weighted by molar-refractivity contribution is 9.11. The Morgan fingerprint density at radius 2 is 1.95 bits per heavy atom. The molecule has 1 heterocycles. The molecule has 1 amide bonds. The SMILES string of the molecule is O=C(Nc1c(Br)cc(Br)cc1C(=O)O)c1ccc(Cl)s1. The number of halogens is 3. The lowest BCUT2D eigenvalue weighted by molar-refractivity contribution is 0.0698. The third-order valence-corrected chi connectivity index (χ3v) is 4.63. The Morgan fingerprint density at radius 3 is 2.50 bits per heavy atom. The molecule has 0 spiro atoms. The van der Waals surface area contributed by atoms with Crippen molar-refractivity contribution in [2.24, 2.45) is 0 Å². The second kappa shape index (κ2) is 6.26. The fraction of sp³-hybridized carbons (Fsp3) is 0. The fourth-order valence-electron chi connectivity index (χ4n) is 1.48. The third-order valence-electron chi connectivity index (χ3n) is 2.32. The number of hydrogen-bond acceptors (Lipinski definition) is 3. The Labute approximate surface area is 140 Å². The van der Waals surface area contributed by atoms with Crippen LogP contribution in [0.5, 0.6) is 0 Å². The minimum Gasteiger partial charge on any atom is -0.478 e. The molecule has 0 aliphatic heterocycles. The summed E-state index contributed by atoms with van der Waals surface area (Å²) >= 11 is 13.3. The number of aromatic carboxylic acids is 1. The summed E-state index contributed by atoms with van der Waals surface area (Å²) in [5, 5.41) is 11.8. The van der Waals surface area contributed by atoms with E-state index in [0.717, 1.165) is 11.3 Å². The first-order chi connectivity index (χ1) is 9.38. The number of amides is 1. The van der Waals surface area contributed by atoms with Gasteiger partial charge in [0.1, 0.15) is 0 Å². The summed E-state index contributed by atoms with van der Waals surface area (Å²) in [6.07, 6.45) is 0. The Hall–Kier alpha value is -0.890. The lowest BCUT2D eigenvalue weighted by Crippen LogP contribution is -2.14. The zero-order valence-electron chi connectivity index (χ0n) is 9.62. The normalized spacial score (nSPS) is 10.3. The van der Waals surface area contributed by atoms with Gasteiger partial charge in [-0.05, 0) is 40.2 Å². The van der Waals surface area contributed by atoms with Crippen LogP contribution in [-0.2, 0) is 0 Å². The van der Waals surface area contributed by atoms with Crippen LogP contribution in [0.2, 0.25) is 4.34 Å². The average Bonchev–Trinajstić information content (AvgIpc) is 2.78. The van der Waals surface area contributed by atoms with Crippen molar-refractivity contribution in [3.63, 3.8) is 0 Å². The van der Waals surface area contributed by atoms with E-state index >= 15 is 0 Å². The van der Waals surface area contributed by atoms with Gasteiger partial charge in [0.15, 0.2) is 0 Å². The molecule has 1 aromatic carbocycles. The summed E-state index contributed by atoms with van der Waals surface area (Å²) in [5.41, 5.74) is 0.192. The van der Waals surface area contributed by atoms with Gasteiger partial charge in [0.2, 0.25) is 0 Å². The van der Waals surface area contributed by atoms with Gasteiger partial charge in [0.25, 0.3) is 5.91 Å². The first kappa shape index (κ1) is 15.5. The molecule has 0 radical (unpaired) electrons. The number of carbonyl (C=O) groups excluding carboxylic acids is 1. The number of nitrogens with one attached hydrogen (secondary N) is 1. The Morgan fingerprint density at radius 1 is 1.25 bits per heavy atom. The van der Waals surface area contributed by atoms with Gasteiger partial charge in [-0.25, -0.2) is 4.79 Å². The molecule has 2 aromatic rings. The number of carboxylic acids is 1. The Bertz CT molecular complexity index is 702. The van der Waals surface area contributed by atoms with Crippen LogP contribution in [0.4, 0.5) is 5.69 Å². The maximum absolute atomic E-state index is 12.1. The molecule has 0 aliphatic rings. The molecular formula is C12H6Br2ClNO3S. The summed E-state index contributed by atoms with van der Waals surface area (Å²) in [4.78, 5) is 23.7. The van der Waals surface area contributed by atoms with Gasteiger partial charge in [-0.15, -0.1) is 11.3 Å². The van der Waals surface area contributed by atoms with Crippen molar-refractivity contribution in [1.29, 1.82) is 0 Å². The smallest absolute Gasteiger partial charge is 0.337 e. The largest absolute Gasteiger partial charge is 0.478 e. The second-order valence-corrected chi connectivity index (χ2v) is 7.16. The van der Waals surface area contributed by atoms with Crippen LogP contribution in [0.3, 0.4) is 0 Å². The predicted octanol–water partition coefficient (Wildman–Crippen LogP) is 4.88. The summed E-state index contributed by atoms with van der Waals surface area (Å²) in [7, 11) is 0. The van der Waals surface area contributed by atoms with Crippen molar-refractivity contribution in [2.45, 2.75) is 0 Å². The van der Waals surface area contributed by atoms with Gasteiger partial charge in [-0.1, -0.05) is 27.5 Å². The summed E-state index contributed by atoms with van der Waals surface area (Å²) in [5.74, 6) is -1.54. The molecule has 4 nitrogen and oxygen atoms in total. The van der Waals surface area contributed by atoms with E-state index < -0.39 is 11.9 Å². The van der Waals surface area contributed by atoms with Crippen molar-refractivity contribution in [2.75, 3.05) is 5.32 Å².